The summed E-state index contributed by atoms with van der Waals surface area (Å²) in [6.45, 7) is 7.32. The highest BCUT2D eigenvalue weighted by molar-refractivity contribution is 7.99. The number of pyridine rings is 1. The van der Waals surface area contributed by atoms with Crippen molar-refractivity contribution in [3.8, 4) is 0 Å². The zero-order valence-corrected chi connectivity index (χ0v) is 18.4. The van der Waals surface area contributed by atoms with Gasteiger partial charge in [-0.2, -0.15) is 11.8 Å². The number of piperidine rings is 1. The zero-order chi connectivity index (χ0) is 20.3. The van der Waals surface area contributed by atoms with Crippen LogP contribution >= 0.6 is 11.8 Å². The monoisotopic (exact) mass is 419 g/mol. The van der Waals surface area contributed by atoms with Gasteiger partial charge < -0.3 is 4.90 Å². The van der Waals surface area contributed by atoms with E-state index < -0.39 is 0 Å². The Morgan fingerprint density at radius 1 is 0.967 bits per heavy atom. The van der Waals surface area contributed by atoms with Crippen LogP contribution in [-0.2, 0) is 6.54 Å². The molecule has 1 aromatic carbocycles. The largest absolute Gasteiger partial charge is 0.354 e. The first kappa shape index (κ1) is 19.8. The molecule has 0 unspecified atom stereocenters. The first-order valence-corrected chi connectivity index (χ1v) is 12.1. The van der Waals surface area contributed by atoms with Gasteiger partial charge in [-0.05, 0) is 68.6 Å². The molecule has 0 atom stereocenters. The highest BCUT2D eigenvalue weighted by Gasteiger charge is 2.23. The van der Waals surface area contributed by atoms with Crippen LogP contribution in [0.3, 0.4) is 0 Å². The molecule has 0 radical (unpaired) electrons. The molecule has 2 fully saturated rings. The van der Waals surface area contributed by atoms with Gasteiger partial charge in [-0.3, -0.25) is 9.88 Å². The first-order chi connectivity index (χ1) is 14.8. The third kappa shape index (κ3) is 4.30. The summed E-state index contributed by atoms with van der Waals surface area (Å²) in [6.07, 6.45) is 6.19. The van der Waals surface area contributed by atoms with Crippen LogP contribution in [0.4, 0.5) is 5.82 Å². The number of anilines is 1. The number of fused-ring (bicyclic) bond motifs is 1. The van der Waals surface area contributed by atoms with Crippen LogP contribution in [0.15, 0.2) is 42.7 Å². The van der Waals surface area contributed by atoms with E-state index in [1.54, 1.807) is 0 Å². The Labute approximate surface area is 182 Å². The van der Waals surface area contributed by atoms with Crippen molar-refractivity contribution >= 4 is 28.5 Å². The lowest BCUT2D eigenvalue weighted by atomic mass is 9.90. The number of aromatic nitrogens is 3. The number of aryl methyl sites for hydroxylation is 1. The predicted molar refractivity (Wildman–Crippen MR) is 125 cm³/mol. The zero-order valence-electron chi connectivity index (χ0n) is 17.6. The van der Waals surface area contributed by atoms with E-state index in [0.717, 1.165) is 49.9 Å². The van der Waals surface area contributed by atoms with Gasteiger partial charge in [0.2, 0.25) is 0 Å². The molecule has 0 aliphatic carbocycles. The van der Waals surface area contributed by atoms with Crippen LogP contribution in [0.2, 0.25) is 0 Å². The minimum atomic E-state index is 0.645. The van der Waals surface area contributed by atoms with E-state index in [1.165, 1.54) is 40.9 Å². The second-order valence-corrected chi connectivity index (χ2v) is 9.64. The summed E-state index contributed by atoms with van der Waals surface area (Å²) in [6, 6.07) is 10.9. The third-order valence-corrected chi connectivity index (χ3v) is 7.26. The fourth-order valence-electron chi connectivity index (χ4n) is 4.62. The van der Waals surface area contributed by atoms with Gasteiger partial charge in [-0.1, -0.05) is 11.6 Å². The number of nitrogens with zero attached hydrogens (tertiary/aromatic N) is 5. The lowest BCUT2D eigenvalue weighted by molar-refractivity contribution is 0.200. The molecule has 2 aliphatic heterocycles. The number of rotatable bonds is 4. The number of benzene rings is 1. The van der Waals surface area contributed by atoms with Gasteiger partial charge in [0, 0.05) is 42.4 Å². The van der Waals surface area contributed by atoms with Gasteiger partial charge in [-0.25, -0.2) is 9.97 Å². The van der Waals surface area contributed by atoms with E-state index in [2.05, 4.69) is 52.0 Å². The molecular formula is C24H29N5S. The Hall–Kier alpha value is -2.18. The SMILES string of the molecule is Cc1ccc2nc(CN3CCC(c4ccncc4)CC3)nc(N3CCSCC3)c2c1. The van der Waals surface area contributed by atoms with Crippen molar-refractivity contribution in [3.05, 3.63) is 59.7 Å². The average Bonchev–Trinajstić information content (AvgIpc) is 2.80. The Bertz CT molecular complexity index is 995. The maximum atomic E-state index is 5.09. The predicted octanol–water partition coefficient (Wildman–Crippen LogP) is 4.27. The number of likely N-dealkylation sites (tertiary alicyclic amines) is 1. The molecule has 156 valence electrons. The van der Waals surface area contributed by atoms with E-state index >= 15 is 0 Å². The summed E-state index contributed by atoms with van der Waals surface area (Å²) in [7, 11) is 0. The fraction of sp³-hybridized carbons (Fsp3) is 0.458. The summed E-state index contributed by atoms with van der Waals surface area (Å²) >= 11 is 2.04. The van der Waals surface area contributed by atoms with Gasteiger partial charge in [0.1, 0.15) is 11.6 Å². The molecule has 0 bridgehead atoms. The lowest BCUT2D eigenvalue weighted by Gasteiger charge is -2.32. The first-order valence-electron chi connectivity index (χ1n) is 11.0. The Balaban J connectivity index is 1.35. The van der Waals surface area contributed by atoms with Crippen molar-refractivity contribution in [2.45, 2.75) is 32.2 Å². The molecular weight excluding hydrogens is 390 g/mol. The maximum absolute atomic E-state index is 5.09. The quantitative estimate of drug-likeness (QED) is 0.629. The molecule has 0 amide bonds. The smallest absolute Gasteiger partial charge is 0.145 e. The highest BCUT2D eigenvalue weighted by atomic mass is 32.2. The minimum absolute atomic E-state index is 0.645. The van der Waals surface area contributed by atoms with E-state index in [0.29, 0.717) is 5.92 Å². The van der Waals surface area contributed by atoms with Gasteiger partial charge in [0.15, 0.2) is 0 Å². The van der Waals surface area contributed by atoms with Crippen molar-refractivity contribution in [3.63, 3.8) is 0 Å². The highest BCUT2D eigenvalue weighted by Crippen LogP contribution is 2.30. The van der Waals surface area contributed by atoms with Crippen molar-refractivity contribution in [1.82, 2.24) is 19.9 Å². The lowest BCUT2D eigenvalue weighted by Crippen LogP contribution is -2.35. The van der Waals surface area contributed by atoms with Crippen LogP contribution < -0.4 is 4.90 Å². The molecule has 3 aromatic rings. The maximum Gasteiger partial charge on any atom is 0.145 e. The normalized spacial score (nSPS) is 18.8. The molecule has 5 rings (SSSR count). The number of thioether (sulfide) groups is 1. The van der Waals surface area contributed by atoms with Crippen LogP contribution in [-0.4, -0.2) is 57.5 Å². The van der Waals surface area contributed by atoms with E-state index in [4.69, 9.17) is 9.97 Å². The van der Waals surface area contributed by atoms with Crippen molar-refractivity contribution < 1.29 is 0 Å². The van der Waals surface area contributed by atoms with Gasteiger partial charge in [-0.15, -0.1) is 0 Å². The standard InChI is InChI=1S/C24H29N5S/c1-18-2-3-22-21(16-18)24(29-12-14-30-15-13-29)27-23(26-22)17-28-10-6-20(7-11-28)19-4-8-25-9-5-19/h2-5,8-9,16,20H,6-7,10-15,17H2,1H3. The molecule has 30 heavy (non-hydrogen) atoms. The third-order valence-electron chi connectivity index (χ3n) is 6.32. The topological polar surface area (TPSA) is 45.2 Å². The summed E-state index contributed by atoms with van der Waals surface area (Å²) in [4.78, 5) is 19.2. The summed E-state index contributed by atoms with van der Waals surface area (Å²) in [5.74, 6) is 5.09. The second kappa shape index (κ2) is 8.90. The van der Waals surface area contributed by atoms with Gasteiger partial charge >= 0.3 is 0 Å². The summed E-state index contributed by atoms with van der Waals surface area (Å²) in [5.41, 5.74) is 3.77. The van der Waals surface area contributed by atoms with Crippen molar-refractivity contribution in [2.75, 3.05) is 42.6 Å². The second-order valence-electron chi connectivity index (χ2n) is 8.41. The van der Waals surface area contributed by atoms with Crippen molar-refractivity contribution in [2.24, 2.45) is 0 Å². The van der Waals surface area contributed by atoms with E-state index in [9.17, 15) is 0 Å². The van der Waals surface area contributed by atoms with Crippen LogP contribution in [0.5, 0.6) is 0 Å². The van der Waals surface area contributed by atoms with E-state index in [-0.39, 0.29) is 0 Å². The molecule has 0 spiro atoms. The fourth-order valence-corrected chi connectivity index (χ4v) is 5.52. The summed E-state index contributed by atoms with van der Waals surface area (Å²) in [5, 5.41) is 1.20. The molecule has 5 nitrogen and oxygen atoms in total. The Morgan fingerprint density at radius 2 is 1.73 bits per heavy atom. The molecule has 6 heteroatoms. The molecule has 2 saturated heterocycles. The molecule has 4 heterocycles. The Morgan fingerprint density at radius 3 is 2.50 bits per heavy atom. The Kier molecular flexibility index (Phi) is 5.86. The van der Waals surface area contributed by atoms with Crippen molar-refractivity contribution in [1.29, 1.82) is 0 Å². The summed E-state index contributed by atoms with van der Waals surface area (Å²) < 4.78 is 0. The average molecular weight is 420 g/mol. The molecule has 0 N–H and O–H groups in total. The minimum Gasteiger partial charge on any atom is -0.354 e. The van der Waals surface area contributed by atoms with Crippen LogP contribution in [0, 0.1) is 6.92 Å². The number of hydrogen-bond acceptors (Lipinski definition) is 6. The number of hydrogen-bond donors (Lipinski definition) is 0. The molecule has 2 aliphatic rings. The van der Waals surface area contributed by atoms with Crippen LogP contribution in [0.25, 0.3) is 10.9 Å². The van der Waals surface area contributed by atoms with Crippen LogP contribution in [0.1, 0.15) is 35.7 Å². The van der Waals surface area contributed by atoms with Gasteiger partial charge in [0.25, 0.3) is 0 Å². The van der Waals surface area contributed by atoms with Gasteiger partial charge in [0.05, 0.1) is 12.1 Å². The van der Waals surface area contributed by atoms with E-state index in [1.807, 2.05) is 24.2 Å². The molecule has 2 aromatic heterocycles. The molecule has 0 saturated carbocycles.